The van der Waals surface area contributed by atoms with Crippen molar-refractivity contribution in [1.82, 2.24) is 5.32 Å². The highest BCUT2D eigenvalue weighted by Crippen LogP contribution is 2.31. The van der Waals surface area contributed by atoms with Gasteiger partial charge in [0.15, 0.2) is 0 Å². The molecule has 0 aliphatic carbocycles. The Hall–Kier alpha value is -1.55. The second-order valence-electron chi connectivity index (χ2n) is 3.16. The molecule has 0 bridgehead atoms. The molecule has 0 radical (unpaired) electrons. The smallest absolute Gasteiger partial charge is 0.282 e. The highest BCUT2D eigenvalue weighted by Gasteiger charge is 2.27. The highest BCUT2D eigenvalue weighted by atomic mass is 32.2. The summed E-state index contributed by atoms with van der Waals surface area (Å²) in [4.78, 5) is 22.9. The number of carbonyl (C=O) groups excluding carboxylic acids is 2. The Bertz CT molecular complexity index is 451. The van der Waals surface area contributed by atoms with Gasteiger partial charge in [0.05, 0.1) is 4.91 Å². The van der Waals surface area contributed by atoms with E-state index in [0.717, 1.165) is 22.9 Å². The number of hydrogen-bond acceptors (Lipinski definition) is 3. The molecule has 0 saturated carbocycles. The van der Waals surface area contributed by atoms with Crippen LogP contribution in [0.1, 0.15) is 12.5 Å². The van der Waals surface area contributed by atoms with Crippen LogP contribution < -0.4 is 5.32 Å². The quantitative estimate of drug-likeness (QED) is 0.738. The molecule has 1 aromatic rings. The van der Waals surface area contributed by atoms with Crippen LogP contribution in [0.25, 0.3) is 5.57 Å². The van der Waals surface area contributed by atoms with Crippen molar-refractivity contribution >= 4 is 28.5 Å². The Labute approximate surface area is 91.6 Å². The van der Waals surface area contributed by atoms with E-state index in [1.807, 2.05) is 37.3 Å². The Morgan fingerprint density at radius 1 is 1.20 bits per heavy atom. The third kappa shape index (κ3) is 1.94. The zero-order valence-electron chi connectivity index (χ0n) is 8.11. The Balaban J connectivity index is 2.42. The minimum Gasteiger partial charge on any atom is -0.282 e. The molecule has 0 spiro atoms. The lowest BCUT2D eigenvalue weighted by atomic mass is 10.1. The standard InChI is InChI=1S/C11H9NO2S/c1-7(8-5-3-2-4-6-8)9-10(13)12-11(14)15-9/h2-6H,1H3,(H,12,13,14). The van der Waals surface area contributed by atoms with Crippen molar-refractivity contribution < 1.29 is 9.59 Å². The summed E-state index contributed by atoms with van der Waals surface area (Å²) in [6.45, 7) is 1.84. The first kappa shape index (κ1) is 9.98. The largest absolute Gasteiger partial charge is 0.290 e. The first-order valence-corrected chi connectivity index (χ1v) is 5.29. The van der Waals surface area contributed by atoms with Crippen molar-refractivity contribution in [2.24, 2.45) is 0 Å². The van der Waals surface area contributed by atoms with Crippen LogP contribution in [0.5, 0.6) is 0 Å². The molecule has 1 saturated heterocycles. The summed E-state index contributed by atoms with van der Waals surface area (Å²) in [6.07, 6.45) is 0. The van der Waals surface area contributed by atoms with Crippen LogP contribution in [0, 0.1) is 0 Å². The lowest BCUT2D eigenvalue weighted by molar-refractivity contribution is -0.115. The average Bonchev–Trinajstić information content (AvgIpc) is 2.58. The van der Waals surface area contributed by atoms with E-state index < -0.39 is 0 Å². The number of hydrogen-bond donors (Lipinski definition) is 1. The minimum absolute atomic E-state index is 0.300. The van der Waals surface area contributed by atoms with Crippen molar-refractivity contribution in [2.45, 2.75) is 6.92 Å². The van der Waals surface area contributed by atoms with Gasteiger partial charge in [-0.05, 0) is 29.8 Å². The molecular formula is C11H9NO2S. The molecule has 0 unspecified atom stereocenters. The Morgan fingerprint density at radius 3 is 2.40 bits per heavy atom. The summed E-state index contributed by atoms with van der Waals surface area (Å²) in [7, 11) is 0. The van der Waals surface area contributed by atoms with E-state index in [4.69, 9.17) is 0 Å². The maximum absolute atomic E-state index is 11.4. The predicted molar refractivity (Wildman–Crippen MR) is 60.2 cm³/mol. The van der Waals surface area contributed by atoms with Crippen molar-refractivity contribution in [3.63, 3.8) is 0 Å². The summed E-state index contributed by atoms with van der Waals surface area (Å²) in [5, 5.41) is 1.94. The van der Waals surface area contributed by atoms with E-state index in [-0.39, 0.29) is 11.1 Å². The van der Waals surface area contributed by atoms with Gasteiger partial charge in [-0.15, -0.1) is 0 Å². The second-order valence-corrected chi connectivity index (χ2v) is 4.15. The zero-order chi connectivity index (χ0) is 10.8. The van der Waals surface area contributed by atoms with Gasteiger partial charge < -0.3 is 0 Å². The molecule has 1 heterocycles. The van der Waals surface area contributed by atoms with E-state index in [1.165, 1.54) is 0 Å². The molecule has 2 rings (SSSR count). The van der Waals surface area contributed by atoms with Gasteiger partial charge in [-0.1, -0.05) is 30.3 Å². The molecule has 0 atom stereocenters. The highest BCUT2D eigenvalue weighted by molar-refractivity contribution is 8.18. The van der Waals surface area contributed by atoms with E-state index in [9.17, 15) is 9.59 Å². The summed E-state index contributed by atoms with van der Waals surface area (Å²) in [5.41, 5.74) is 1.80. The lowest BCUT2D eigenvalue weighted by Crippen LogP contribution is -2.18. The fourth-order valence-electron chi connectivity index (χ4n) is 1.38. The third-order valence-electron chi connectivity index (χ3n) is 2.16. The topological polar surface area (TPSA) is 46.2 Å². The fraction of sp³-hybridized carbons (Fsp3) is 0.0909. The van der Waals surface area contributed by atoms with E-state index >= 15 is 0 Å². The van der Waals surface area contributed by atoms with Crippen LogP contribution in [0.2, 0.25) is 0 Å². The molecule has 1 aliphatic heterocycles. The first-order valence-electron chi connectivity index (χ1n) is 4.48. The van der Waals surface area contributed by atoms with E-state index in [2.05, 4.69) is 5.32 Å². The Kier molecular flexibility index (Phi) is 2.60. The number of rotatable bonds is 1. The molecule has 15 heavy (non-hydrogen) atoms. The first-order chi connectivity index (χ1) is 7.18. The van der Waals surface area contributed by atoms with Crippen molar-refractivity contribution in [1.29, 1.82) is 0 Å². The van der Waals surface area contributed by atoms with Crippen molar-refractivity contribution in [3.05, 3.63) is 40.8 Å². The zero-order valence-corrected chi connectivity index (χ0v) is 8.93. The van der Waals surface area contributed by atoms with E-state index in [0.29, 0.717) is 4.91 Å². The predicted octanol–water partition coefficient (Wildman–Crippen LogP) is 2.40. The van der Waals surface area contributed by atoms with Gasteiger partial charge in [0.1, 0.15) is 0 Å². The van der Waals surface area contributed by atoms with Crippen molar-refractivity contribution in [2.75, 3.05) is 0 Å². The van der Waals surface area contributed by atoms with Gasteiger partial charge in [0.25, 0.3) is 11.1 Å². The molecule has 1 aliphatic rings. The van der Waals surface area contributed by atoms with Gasteiger partial charge in [-0.3, -0.25) is 14.9 Å². The molecule has 4 heteroatoms. The van der Waals surface area contributed by atoms with Gasteiger partial charge in [-0.25, -0.2) is 0 Å². The summed E-state index contributed by atoms with van der Waals surface area (Å²) < 4.78 is 0. The number of thioether (sulfide) groups is 1. The second kappa shape index (κ2) is 3.90. The van der Waals surface area contributed by atoms with Crippen LogP contribution in [-0.2, 0) is 4.79 Å². The van der Waals surface area contributed by atoms with Crippen LogP contribution in [0.4, 0.5) is 4.79 Å². The number of benzene rings is 1. The maximum atomic E-state index is 11.4. The molecule has 0 aromatic heterocycles. The Morgan fingerprint density at radius 2 is 1.87 bits per heavy atom. The molecule has 2 amide bonds. The number of nitrogens with one attached hydrogen (secondary N) is 1. The SMILES string of the molecule is CC(=C1SC(=O)NC1=O)c1ccccc1. The monoisotopic (exact) mass is 219 g/mol. The number of amides is 2. The summed E-state index contributed by atoms with van der Waals surface area (Å²) in [6, 6.07) is 9.55. The molecule has 1 fully saturated rings. The summed E-state index contributed by atoms with van der Waals surface area (Å²) >= 11 is 0.957. The van der Waals surface area contributed by atoms with Crippen LogP contribution in [0.3, 0.4) is 0 Å². The fourth-order valence-corrected chi connectivity index (χ4v) is 2.12. The number of carbonyl (C=O) groups is 2. The average molecular weight is 219 g/mol. The van der Waals surface area contributed by atoms with Crippen LogP contribution >= 0.6 is 11.8 Å². The number of imide groups is 1. The van der Waals surface area contributed by atoms with Crippen LogP contribution in [0.15, 0.2) is 35.2 Å². The van der Waals surface area contributed by atoms with Gasteiger partial charge in [0, 0.05) is 0 Å². The summed E-state index contributed by atoms with van der Waals surface area (Å²) in [5.74, 6) is -0.300. The number of allylic oxidation sites excluding steroid dienone is 1. The van der Waals surface area contributed by atoms with Gasteiger partial charge in [0.2, 0.25) is 0 Å². The third-order valence-corrected chi connectivity index (χ3v) is 3.15. The minimum atomic E-state index is -0.301. The maximum Gasteiger partial charge on any atom is 0.290 e. The molecular weight excluding hydrogens is 210 g/mol. The van der Waals surface area contributed by atoms with Gasteiger partial charge in [-0.2, -0.15) is 0 Å². The molecule has 1 aromatic carbocycles. The van der Waals surface area contributed by atoms with Crippen LogP contribution in [-0.4, -0.2) is 11.1 Å². The normalized spacial score (nSPS) is 19.0. The molecule has 3 nitrogen and oxygen atoms in total. The van der Waals surface area contributed by atoms with Crippen molar-refractivity contribution in [3.8, 4) is 0 Å². The van der Waals surface area contributed by atoms with E-state index in [1.54, 1.807) is 0 Å². The molecule has 76 valence electrons. The molecule has 1 N–H and O–H groups in total. The van der Waals surface area contributed by atoms with Gasteiger partial charge >= 0.3 is 0 Å². The lowest BCUT2D eigenvalue weighted by Gasteiger charge is -2.02.